The number of carbonyl (C=O) groups excluding carboxylic acids is 1. The molecule has 9 heteroatoms. The van der Waals surface area contributed by atoms with Crippen molar-refractivity contribution in [1.29, 1.82) is 0 Å². The smallest absolute Gasteiger partial charge is 0.340 e. The van der Waals surface area contributed by atoms with Gasteiger partial charge in [-0.25, -0.2) is 22.0 Å². The molecule has 6 nitrogen and oxygen atoms in total. The molecule has 2 unspecified atom stereocenters. The van der Waals surface area contributed by atoms with E-state index in [0.29, 0.717) is 23.0 Å². The SMILES string of the molecule is Cn1c2c(c3c(C(=O)OC(C)(C)C)c(S(=O)(=O)c4cc(F)cc(F)c4)ccc31)C1CCC(C2)N1. The molecule has 2 aromatic carbocycles. The normalized spacial score (nSPS) is 19.9. The summed E-state index contributed by atoms with van der Waals surface area (Å²) < 4.78 is 62.8. The summed E-state index contributed by atoms with van der Waals surface area (Å²) in [6.45, 7) is 5.10. The predicted molar refractivity (Wildman–Crippen MR) is 123 cm³/mol. The van der Waals surface area contributed by atoms with Crippen LogP contribution in [0.1, 0.15) is 61.3 Å². The summed E-state index contributed by atoms with van der Waals surface area (Å²) in [5.74, 6) is -2.82. The second kappa shape index (κ2) is 7.61. The molecule has 34 heavy (non-hydrogen) atoms. The van der Waals surface area contributed by atoms with Crippen molar-refractivity contribution < 1.29 is 26.7 Å². The first-order chi connectivity index (χ1) is 15.9. The largest absolute Gasteiger partial charge is 0.456 e. The van der Waals surface area contributed by atoms with Crippen molar-refractivity contribution in [2.45, 2.75) is 67.5 Å². The van der Waals surface area contributed by atoms with E-state index in [1.807, 2.05) is 11.6 Å². The zero-order valence-electron chi connectivity index (χ0n) is 19.4. The molecule has 0 aliphatic carbocycles. The van der Waals surface area contributed by atoms with E-state index in [2.05, 4.69) is 5.32 Å². The van der Waals surface area contributed by atoms with Crippen molar-refractivity contribution in [2.24, 2.45) is 7.05 Å². The zero-order chi connectivity index (χ0) is 24.6. The van der Waals surface area contributed by atoms with Crippen molar-refractivity contribution in [3.05, 3.63) is 58.8 Å². The molecule has 3 aromatic rings. The number of carbonyl (C=O) groups is 1. The van der Waals surface area contributed by atoms with E-state index in [1.54, 1.807) is 26.8 Å². The number of esters is 1. The molecule has 1 aromatic heterocycles. The molecule has 2 atom stereocenters. The lowest BCUT2D eigenvalue weighted by molar-refractivity contribution is 0.00675. The molecule has 2 aliphatic rings. The van der Waals surface area contributed by atoms with Crippen molar-refractivity contribution in [1.82, 2.24) is 9.88 Å². The van der Waals surface area contributed by atoms with Crippen LogP contribution in [-0.2, 0) is 28.0 Å². The van der Waals surface area contributed by atoms with Gasteiger partial charge in [0.05, 0.1) is 15.4 Å². The molecule has 3 heterocycles. The van der Waals surface area contributed by atoms with Gasteiger partial charge in [0, 0.05) is 48.2 Å². The number of sulfone groups is 1. The minimum atomic E-state index is -4.45. The Morgan fingerprint density at radius 1 is 1.12 bits per heavy atom. The number of hydrogen-bond acceptors (Lipinski definition) is 5. The summed E-state index contributed by atoms with van der Waals surface area (Å²) in [6.07, 6.45) is 2.63. The van der Waals surface area contributed by atoms with Gasteiger partial charge in [0.2, 0.25) is 9.84 Å². The predicted octanol–water partition coefficient (Wildman–Crippen LogP) is 4.59. The number of nitrogens with zero attached hydrogens (tertiary/aromatic N) is 1. The standard InChI is InChI=1S/C25H26F2N2O4S/c1-25(2,3)33-24(30)23-20(34(31,32)16-10-13(26)9-14(27)11-16)8-7-18-22(23)21-17-6-5-15(28-17)12-19(21)29(18)4/h7-11,15,17,28H,5-6,12H2,1-4H3. The fourth-order valence-electron chi connectivity index (χ4n) is 5.22. The van der Waals surface area contributed by atoms with E-state index in [0.717, 1.165) is 42.7 Å². The summed E-state index contributed by atoms with van der Waals surface area (Å²) in [4.78, 5) is 12.7. The summed E-state index contributed by atoms with van der Waals surface area (Å²) in [5.41, 5.74) is 1.69. The molecule has 0 saturated carbocycles. The van der Waals surface area contributed by atoms with Crippen LogP contribution in [0.5, 0.6) is 0 Å². The van der Waals surface area contributed by atoms with Crippen molar-refractivity contribution in [3.8, 4) is 0 Å². The molecular formula is C25H26F2N2O4S. The first kappa shape index (κ1) is 23.0. The average Bonchev–Trinajstić information content (AvgIpc) is 3.24. The quantitative estimate of drug-likeness (QED) is 0.546. The molecule has 2 bridgehead atoms. The fraction of sp³-hybridized carbons (Fsp3) is 0.400. The minimum absolute atomic E-state index is 0.0109. The maximum atomic E-state index is 13.9. The lowest BCUT2D eigenvalue weighted by Gasteiger charge is -2.24. The van der Waals surface area contributed by atoms with Gasteiger partial charge < -0.3 is 14.6 Å². The highest BCUT2D eigenvalue weighted by Gasteiger charge is 2.39. The molecule has 0 spiro atoms. The van der Waals surface area contributed by atoms with Crippen molar-refractivity contribution in [3.63, 3.8) is 0 Å². The van der Waals surface area contributed by atoms with Gasteiger partial charge in [0.15, 0.2) is 0 Å². The van der Waals surface area contributed by atoms with E-state index in [-0.39, 0.29) is 16.5 Å². The van der Waals surface area contributed by atoms with Gasteiger partial charge in [0.1, 0.15) is 17.2 Å². The van der Waals surface area contributed by atoms with Gasteiger partial charge >= 0.3 is 5.97 Å². The summed E-state index contributed by atoms with van der Waals surface area (Å²) in [5, 5.41) is 4.07. The Morgan fingerprint density at radius 2 is 1.79 bits per heavy atom. The third-order valence-electron chi connectivity index (χ3n) is 6.56. The minimum Gasteiger partial charge on any atom is -0.456 e. The number of nitrogens with one attached hydrogen (secondary N) is 1. The highest BCUT2D eigenvalue weighted by atomic mass is 32.2. The first-order valence-corrected chi connectivity index (χ1v) is 12.7. The van der Waals surface area contributed by atoms with Crippen LogP contribution in [0.2, 0.25) is 0 Å². The Labute approximate surface area is 196 Å². The van der Waals surface area contributed by atoms with Crippen LogP contribution in [0.4, 0.5) is 8.78 Å². The van der Waals surface area contributed by atoms with Crippen LogP contribution in [0.25, 0.3) is 10.9 Å². The number of ether oxygens (including phenoxy) is 1. The molecular weight excluding hydrogens is 462 g/mol. The topological polar surface area (TPSA) is 77.4 Å². The van der Waals surface area contributed by atoms with Crippen LogP contribution in [0, 0.1) is 11.6 Å². The number of rotatable bonds is 3. The Kier molecular flexibility index (Phi) is 5.15. The number of hydrogen-bond donors (Lipinski definition) is 1. The van der Waals surface area contributed by atoms with Crippen LogP contribution in [0.3, 0.4) is 0 Å². The average molecular weight is 489 g/mol. The number of fused-ring (bicyclic) bond motifs is 6. The molecule has 180 valence electrons. The van der Waals surface area contributed by atoms with Crippen LogP contribution in [-0.4, -0.2) is 30.6 Å². The molecule has 0 amide bonds. The van der Waals surface area contributed by atoms with E-state index in [4.69, 9.17) is 4.74 Å². The molecule has 0 radical (unpaired) electrons. The van der Waals surface area contributed by atoms with Crippen LogP contribution >= 0.6 is 0 Å². The number of halogens is 2. The van der Waals surface area contributed by atoms with Gasteiger partial charge in [0.25, 0.3) is 0 Å². The van der Waals surface area contributed by atoms with Crippen LogP contribution < -0.4 is 5.32 Å². The Bertz CT molecular complexity index is 1430. The lowest BCUT2D eigenvalue weighted by Crippen LogP contribution is -2.32. The summed E-state index contributed by atoms with van der Waals surface area (Å²) in [7, 11) is -2.54. The third-order valence-corrected chi connectivity index (χ3v) is 8.33. The molecule has 1 fully saturated rings. The maximum Gasteiger partial charge on any atom is 0.340 e. The van der Waals surface area contributed by atoms with E-state index in [9.17, 15) is 22.0 Å². The van der Waals surface area contributed by atoms with E-state index in [1.165, 1.54) is 6.07 Å². The molecule has 2 aliphatic heterocycles. The Balaban J connectivity index is 1.84. The van der Waals surface area contributed by atoms with Gasteiger partial charge in [-0.2, -0.15) is 0 Å². The van der Waals surface area contributed by atoms with Gasteiger partial charge in [-0.1, -0.05) is 0 Å². The zero-order valence-corrected chi connectivity index (χ0v) is 20.2. The van der Waals surface area contributed by atoms with Gasteiger partial charge in [-0.15, -0.1) is 0 Å². The Morgan fingerprint density at radius 3 is 2.44 bits per heavy atom. The molecule has 1 saturated heterocycles. The van der Waals surface area contributed by atoms with Crippen molar-refractivity contribution >= 4 is 26.7 Å². The maximum absolute atomic E-state index is 13.9. The highest BCUT2D eigenvalue weighted by molar-refractivity contribution is 7.91. The number of benzene rings is 2. The second-order valence-corrected chi connectivity index (χ2v) is 12.0. The monoisotopic (exact) mass is 488 g/mol. The fourth-order valence-corrected chi connectivity index (χ4v) is 6.72. The Hall–Kier alpha value is -2.78. The van der Waals surface area contributed by atoms with Gasteiger partial charge in [-0.3, -0.25) is 0 Å². The highest BCUT2D eigenvalue weighted by Crippen LogP contribution is 2.44. The number of aromatic nitrogens is 1. The molecule has 1 N–H and O–H groups in total. The second-order valence-electron chi connectivity index (χ2n) is 10.1. The summed E-state index contributed by atoms with van der Waals surface area (Å²) >= 11 is 0. The lowest BCUT2D eigenvalue weighted by atomic mass is 9.96. The van der Waals surface area contributed by atoms with E-state index < -0.39 is 37.9 Å². The number of aryl methyl sites for hydroxylation is 1. The van der Waals surface area contributed by atoms with E-state index >= 15 is 0 Å². The van der Waals surface area contributed by atoms with Gasteiger partial charge in [-0.05, 0) is 63.4 Å². The molecule has 5 rings (SSSR count). The third kappa shape index (κ3) is 3.62. The summed E-state index contributed by atoms with van der Waals surface area (Å²) in [6, 6.07) is 5.42. The van der Waals surface area contributed by atoms with Crippen LogP contribution in [0.15, 0.2) is 40.1 Å². The van der Waals surface area contributed by atoms with Crippen molar-refractivity contribution in [2.75, 3.05) is 0 Å². The first-order valence-electron chi connectivity index (χ1n) is 11.2.